The van der Waals surface area contributed by atoms with Crippen molar-refractivity contribution in [2.45, 2.75) is 13.8 Å². The van der Waals surface area contributed by atoms with E-state index in [4.69, 9.17) is 5.73 Å². The van der Waals surface area contributed by atoms with Crippen molar-refractivity contribution in [2.75, 3.05) is 31.5 Å². The summed E-state index contributed by atoms with van der Waals surface area (Å²) >= 11 is 0. The second-order valence-corrected chi connectivity index (χ2v) is 5.84. The average molecular weight is 318 g/mol. The second kappa shape index (κ2) is 7.13. The van der Waals surface area contributed by atoms with Crippen LogP contribution in [0.2, 0.25) is 0 Å². The molecule has 0 saturated carbocycles. The minimum Gasteiger partial charge on any atom is -0.351 e. The first-order chi connectivity index (χ1) is 10.9. The van der Waals surface area contributed by atoms with Gasteiger partial charge in [0.05, 0.1) is 0 Å². The topological polar surface area (TPSA) is 95.7 Å². The molecule has 7 heteroatoms. The Labute approximate surface area is 135 Å². The van der Waals surface area contributed by atoms with E-state index in [-0.39, 0.29) is 17.7 Å². The predicted octanol–water partition coefficient (Wildman–Crippen LogP) is 1.12. The molecule has 1 fully saturated rings. The van der Waals surface area contributed by atoms with Gasteiger partial charge in [0.25, 0.3) is 5.91 Å². The lowest BCUT2D eigenvalue weighted by Gasteiger charge is -2.35. The van der Waals surface area contributed by atoms with Gasteiger partial charge in [-0.2, -0.15) is 0 Å². The first kappa shape index (κ1) is 16.8. The smallest absolute Gasteiger partial charge is 0.316 e. The van der Waals surface area contributed by atoms with Crippen LogP contribution in [0.25, 0.3) is 0 Å². The Morgan fingerprint density at radius 3 is 2.00 bits per heavy atom. The van der Waals surface area contributed by atoms with Crippen LogP contribution in [0.1, 0.15) is 24.2 Å². The highest BCUT2D eigenvalue weighted by atomic mass is 16.2. The molecule has 0 spiro atoms. The van der Waals surface area contributed by atoms with Crippen LogP contribution in [0.3, 0.4) is 0 Å². The largest absolute Gasteiger partial charge is 0.351 e. The highest BCUT2D eigenvalue weighted by Crippen LogP contribution is 2.14. The lowest BCUT2D eigenvalue weighted by atomic mass is 10.1. The third kappa shape index (κ3) is 4.21. The Balaban J connectivity index is 1.94. The second-order valence-electron chi connectivity index (χ2n) is 5.84. The maximum Gasteiger partial charge on any atom is 0.316 e. The number of amides is 4. The van der Waals surface area contributed by atoms with Crippen molar-refractivity contribution in [3.8, 4) is 0 Å². The van der Waals surface area contributed by atoms with Crippen LogP contribution in [-0.2, 0) is 4.79 Å². The molecule has 124 valence electrons. The van der Waals surface area contributed by atoms with E-state index in [0.29, 0.717) is 37.4 Å². The van der Waals surface area contributed by atoms with Gasteiger partial charge in [-0.05, 0) is 24.3 Å². The summed E-state index contributed by atoms with van der Waals surface area (Å²) in [6, 6.07) is 5.93. The monoisotopic (exact) mass is 318 g/mol. The van der Waals surface area contributed by atoms with Crippen molar-refractivity contribution in [2.24, 2.45) is 11.7 Å². The van der Waals surface area contributed by atoms with Gasteiger partial charge in [0, 0.05) is 43.3 Å². The number of nitrogens with two attached hydrogens (primary N) is 1. The van der Waals surface area contributed by atoms with Crippen molar-refractivity contribution in [1.82, 2.24) is 9.80 Å². The summed E-state index contributed by atoms with van der Waals surface area (Å²) in [7, 11) is 0. The number of carbonyl (C=O) groups is 3. The average Bonchev–Trinajstić information content (AvgIpc) is 2.53. The van der Waals surface area contributed by atoms with Gasteiger partial charge in [-0.1, -0.05) is 13.8 Å². The van der Waals surface area contributed by atoms with Crippen molar-refractivity contribution >= 4 is 23.5 Å². The first-order valence-electron chi connectivity index (χ1n) is 7.63. The first-order valence-corrected chi connectivity index (χ1v) is 7.63. The normalized spacial score (nSPS) is 14.7. The molecule has 1 saturated heterocycles. The van der Waals surface area contributed by atoms with E-state index in [1.807, 2.05) is 13.8 Å². The molecule has 4 amide bonds. The Morgan fingerprint density at radius 1 is 1.00 bits per heavy atom. The van der Waals surface area contributed by atoms with Gasteiger partial charge in [-0.3, -0.25) is 9.59 Å². The van der Waals surface area contributed by atoms with Crippen LogP contribution < -0.4 is 11.1 Å². The fourth-order valence-electron chi connectivity index (χ4n) is 2.52. The van der Waals surface area contributed by atoms with E-state index in [2.05, 4.69) is 5.32 Å². The summed E-state index contributed by atoms with van der Waals surface area (Å²) in [5.74, 6) is 0.0220. The van der Waals surface area contributed by atoms with Gasteiger partial charge in [0.15, 0.2) is 0 Å². The van der Waals surface area contributed by atoms with E-state index >= 15 is 0 Å². The Bertz CT molecular complexity index is 590. The number of carbonyl (C=O) groups excluding carboxylic acids is 3. The SMILES string of the molecule is CC(C)C(=O)N1CCN(C(=O)c2ccc(NC(N)=O)cc2)CC1. The number of anilines is 1. The number of hydrogen-bond donors (Lipinski definition) is 2. The van der Waals surface area contributed by atoms with E-state index in [1.165, 1.54) is 0 Å². The molecule has 23 heavy (non-hydrogen) atoms. The number of nitrogens with zero attached hydrogens (tertiary/aromatic N) is 2. The van der Waals surface area contributed by atoms with E-state index < -0.39 is 6.03 Å². The van der Waals surface area contributed by atoms with Gasteiger partial charge in [-0.25, -0.2) is 4.79 Å². The standard InChI is InChI=1S/C16H22N4O3/c1-11(2)14(21)19-7-9-20(10-8-19)15(22)12-3-5-13(6-4-12)18-16(17)23/h3-6,11H,7-10H2,1-2H3,(H3,17,18,23). The molecule has 1 aliphatic heterocycles. The Hall–Kier alpha value is -2.57. The number of piperazine rings is 1. The number of hydrogen-bond acceptors (Lipinski definition) is 3. The third-order valence-corrected chi connectivity index (χ3v) is 3.77. The molecule has 0 radical (unpaired) electrons. The molecule has 0 bridgehead atoms. The molecule has 2 rings (SSSR count). The molecule has 1 aliphatic rings. The van der Waals surface area contributed by atoms with Crippen LogP contribution in [0.4, 0.5) is 10.5 Å². The van der Waals surface area contributed by atoms with Crippen LogP contribution in [-0.4, -0.2) is 53.8 Å². The van der Waals surface area contributed by atoms with E-state index in [9.17, 15) is 14.4 Å². The van der Waals surface area contributed by atoms with Crippen molar-refractivity contribution in [1.29, 1.82) is 0 Å². The number of urea groups is 1. The van der Waals surface area contributed by atoms with Gasteiger partial charge in [0.2, 0.25) is 5.91 Å². The van der Waals surface area contributed by atoms with Gasteiger partial charge in [0.1, 0.15) is 0 Å². The summed E-state index contributed by atoms with van der Waals surface area (Å²) in [6.07, 6.45) is 0. The molecule has 1 aromatic carbocycles. The maximum absolute atomic E-state index is 12.5. The number of benzene rings is 1. The zero-order valence-electron chi connectivity index (χ0n) is 13.4. The number of rotatable bonds is 3. The maximum atomic E-state index is 12.5. The van der Waals surface area contributed by atoms with Crippen LogP contribution in [0, 0.1) is 5.92 Å². The number of primary amides is 1. The highest BCUT2D eigenvalue weighted by molar-refractivity contribution is 5.95. The van der Waals surface area contributed by atoms with Crippen molar-refractivity contribution in [3.05, 3.63) is 29.8 Å². The molecule has 1 heterocycles. The van der Waals surface area contributed by atoms with Crippen LogP contribution in [0.15, 0.2) is 24.3 Å². The Kier molecular flexibility index (Phi) is 5.20. The summed E-state index contributed by atoms with van der Waals surface area (Å²) in [6.45, 7) is 5.92. The Morgan fingerprint density at radius 2 is 1.52 bits per heavy atom. The lowest BCUT2D eigenvalue weighted by molar-refractivity contribution is -0.135. The zero-order chi connectivity index (χ0) is 17.0. The van der Waals surface area contributed by atoms with Gasteiger partial charge >= 0.3 is 6.03 Å². The zero-order valence-corrected chi connectivity index (χ0v) is 13.4. The fraction of sp³-hybridized carbons (Fsp3) is 0.438. The molecule has 0 aromatic heterocycles. The summed E-state index contributed by atoms with van der Waals surface area (Å²) in [5, 5.41) is 2.45. The van der Waals surface area contributed by atoms with E-state index in [0.717, 1.165) is 0 Å². The minimum atomic E-state index is -0.644. The molecule has 1 aromatic rings. The summed E-state index contributed by atoms with van der Waals surface area (Å²) < 4.78 is 0. The quantitative estimate of drug-likeness (QED) is 0.874. The number of nitrogens with one attached hydrogen (secondary N) is 1. The molecule has 0 atom stereocenters. The molecule has 3 N–H and O–H groups in total. The minimum absolute atomic E-state index is 0.0254. The molecule has 0 aliphatic carbocycles. The fourth-order valence-corrected chi connectivity index (χ4v) is 2.52. The molecule has 0 unspecified atom stereocenters. The molecule has 7 nitrogen and oxygen atoms in total. The molecular weight excluding hydrogens is 296 g/mol. The lowest BCUT2D eigenvalue weighted by Crippen LogP contribution is -2.51. The highest BCUT2D eigenvalue weighted by Gasteiger charge is 2.25. The predicted molar refractivity (Wildman–Crippen MR) is 87.0 cm³/mol. The van der Waals surface area contributed by atoms with Crippen LogP contribution >= 0.6 is 0 Å². The summed E-state index contributed by atoms with van der Waals surface area (Å²) in [4.78, 5) is 38.7. The third-order valence-electron chi connectivity index (χ3n) is 3.77. The van der Waals surface area contributed by atoms with Gasteiger partial charge < -0.3 is 20.9 Å². The van der Waals surface area contributed by atoms with E-state index in [1.54, 1.807) is 34.1 Å². The summed E-state index contributed by atoms with van der Waals surface area (Å²) in [5.41, 5.74) is 6.13. The van der Waals surface area contributed by atoms with Crippen LogP contribution in [0.5, 0.6) is 0 Å². The van der Waals surface area contributed by atoms with Gasteiger partial charge in [-0.15, -0.1) is 0 Å². The van der Waals surface area contributed by atoms with Crippen molar-refractivity contribution in [3.63, 3.8) is 0 Å². The van der Waals surface area contributed by atoms with Crippen molar-refractivity contribution < 1.29 is 14.4 Å². The molecular formula is C16H22N4O3.